The van der Waals surface area contributed by atoms with Gasteiger partial charge in [-0.1, -0.05) is 11.6 Å². The van der Waals surface area contributed by atoms with Crippen LogP contribution in [0.2, 0.25) is 5.02 Å². The molecule has 2 rings (SSSR count). The van der Waals surface area contributed by atoms with Crippen LogP contribution in [0.15, 0.2) is 12.1 Å². The van der Waals surface area contributed by atoms with Crippen molar-refractivity contribution in [1.29, 1.82) is 0 Å². The fourth-order valence-electron chi connectivity index (χ4n) is 1.93. The summed E-state index contributed by atoms with van der Waals surface area (Å²) in [5.74, 6) is -1.25. The van der Waals surface area contributed by atoms with Crippen molar-refractivity contribution >= 4 is 24.2 Å². The second kappa shape index (κ2) is 5.37. The van der Waals surface area contributed by atoms with Gasteiger partial charge in [0.2, 0.25) is 0 Å². The molecule has 1 aliphatic rings. The lowest BCUT2D eigenvalue weighted by Gasteiger charge is -2.32. The summed E-state index contributed by atoms with van der Waals surface area (Å²) >= 11 is 5.71. The van der Waals surface area contributed by atoms with Crippen LogP contribution in [0, 0.1) is 5.82 Å². The van der Waals surface area contributed by atoms with Crippen molar-refractivity contribution < 1.29 is 27.2 Å². The van der Waals surface area contributed by atoms with E-state index in [1.807, 2.05) is 0 Å². The summed E-state index contributed by atoms with van der Waals surface area (Å²) in [5.41, 5.74) is -1.75. The molecule has 3 nitrogen and oxygen atoms in total. The molecule has 1 heterocycles. The Morgan fingerprint density at radius 2 is 1.67 bits per heavy atom. The monoisotopic (exact) mass is 322 g/mol. The Labute approximate surface area is 126 Å². The molecule has 0 spiro atoms. The molecule has 116 valence electrons. The summed E-state index contributed by atoms with van der Waals surface area (Å²) in [6.07, 6.45) is 0. The molecule has 1 saturated heterocycles. The highest BCUT2D eigenvalue weighted by Gasteiger charge is 2.53. The van der Waals surface area contributed by atoms with Gasteiger partial charge in [-0.25, -0.2) is 4.39 Å². The first-order valence-corrected chi connectivity index (χ1v) is 6.71. The summed E-state index contributed by atoms with van der Waals surface area (Å²) in [5, 5.41) is -0.221. The van der Waals surface area contributed by atoms with Crippen molar-refractivity contribution in [1.82, 2.24) is 0 Å². The highest BCUT2D eigenvalue weighted by molar-refractivity contribution is 6.63. The minimum absolute atomic E-state index is 0.221. The largest absolute Gasteiger partial charge is 0.501 e. The van der Waals surface area contributed by atoms with Crippen LogP contribution in [0.4, 0.5) is 13.2 Å². The van der Waals surface area contributed by atoms with Gasteiger partial charge in [0.05, 0.1) is 21.7 Å². The van der Waals surface area contributed by atoms with Gasteiger partial charge < -0.3 is 14.0 Å². The molecule has 0 aromatic heterocycles. The minimum atomic E-state index is -3.09. The van der Waals surface area contributed by atoms with E-state index in [0.717, 1.165) is 12.1 Å². The van der Waals surface area contributed by atoms with Crippen molar-refractivity contribution in [3.05, 3.63) is 23.0 Å². The number of alkyl halides is 2. The molecule has 1 aliphatic heterocycles. The Kier molecular flexibility index (Phi) is 4.21. The first-order chi connectivity index (χ1) is 9.55. The number of rotatable bonds is 3. The van der Waals surface area contributed by atoms with Gasteiger partial charge in [0, 0.05) is 0 Å². The summed E-state index contributed by atoms with van der Waals surface area (Å²) in [7, 11) is -1.18. The Morgan fingerprint density at radius 1 is 1.14 bits per heavy atom. The second-order valence-corrected chi connectivity index (χ2v) is 6.15. The molecular weight excluding hydrogens is 307 g/mol. The first kappa shape index (κ1) is 16.5. The van der Waals surface area contributed by atoms with Crippen molar-refractivity contribution in [2.75, 3.05) is 0 Å². The summed E-state index contributed by atoms with van der Waals surface area (Å²) in [6.45, 7) is 3.98. The van der Waals surface area contributed by atoms with Gasteiger partial charge in [0.25, 0.3) is 0 Å². The lowest BCUT2D eigenvalue weighted by atomic mass is 9.78. The van der Waals surface area contributed by atoms with Crippen LogP contribution in [-0.4, -0.2) is 24.9 Å². The molecular formula is C13H15BClF3O3. The summed E-state index contributed by atoms with van der Waals surface area (Å²) in [6, 6.07) is 2.31. The van der Waals surface area contributed by atoms with Gasteiger partial charge in [0.1, 0.15) is 11.6 Å². The summed E-state index contributed by atoms with van der Waals surface area (Å²) < 4.78 is 54.8. The van der Waals surface area contributed by atoms with Crippen LogP contribution in [0.25, 0.3) is 0 Å². The van der Waals surface area contributed by atoms with Gasteiger partial charge in [-0.15, -0.1) is 0 Å². The highest BCUT2D eigenvalue weighted by atomic mass is 35.5. The Morgan fingerprint density at radius 3 is 2.14 bits per heavy atom. The molecule has 0 amide bonds. The zero-order valence-electron chi connectivity index (χ0n) is 12.0. The van der Waals surface area contributed by atoms with Crippen LogP contribution in [0.3, 0.4) is 0 Å². The number of halogens is 4. The van der Waals surface area contributed by atoms with Crippen molar-refractivity contribution in [3.63, 3.8) is 0 Å². The highest BCUT2D eigenvalue weighted by Crippen LogP contribution is 2.38. The van der Waals surface area contributed by atoms with Crippen molar-refractivity contribution in [2.45, 2.75) is 45.5 Å². The zero-order chi connectivity index (χ0) is 16.0. The van der Waals surface area contributed by atoms with E-state index in [1.54, 1.807) is 27.7 Å². The third-order valence-electron chi connectivity index (χ3n) is 3.80. The lowest BCUT2D eigenvalue weighted by molar-refractivity contribution is -0.0493. The van der Waals surface area contributed by atoms with Gasteiger partial charge in [-0.2, -0.15) is 8.78 Å². The molecule has 0 radical (unpaired) electrons. The molecule has 8 heteroatoms. The fourth-order valence-corrected chi connectivity index (χ4v) is 2.09. The third-order valence-corrected chi connectivity index (χ3v) is 4.09. The molecule has 1 aromatic carbocycles. The van der Waals surface area contributed by atoms with E-state index in [-0.39, 0.29) is 16.2 Å². The zero-order valence-corrected chi connectivity index (χ0v) is 12.8. The van der Waals surface area contributed by atoms with Crippen molar-refractivity contribution in [2.24, 2.45) is 0 Å². The number of ether oxygens (including phenoxy) is 1. The molecule has 0 atom stereocenters. The van der Waals surface area contributed by atoms with Crippen LogP contribution in [-0.2, 0) is 9.31 Å². The van der Waals surface area contributed by atoms with Crippen LogP contribution >= 0.6 is 11.6 Å². The van der Waals surface area contributed by atoms with Crippen LogP contribution < -0.4 is 10.2 Å². The average molecular weight is 323 g/mol. The van der Waals surface area contributed by atoms with E-state index in [9.17, 15) is 13.2 Å². The molecule has 1 aromatic rings. The Bertz CT molecular complexity index is 536. The topological polar surface area (TPSA) is 27.7 Å². The molecule has 0 aliphatic carbocycles. The van der Waals surface area contributed by atoms with Crippen LogP contribution in [0.5, 0.6) is 5.75 Å². The van der Waals surface area contributed by atoms with E-state index in [1.165, 1.54) is 0 Å². The number of hydrogen-bond acceptors (Lipinski definition) is 3. The third kappa shape index (κ3) is 3.00. The van der Waals surface area contributed by atoms with Gasteiger partial charge in [-0.05, 0) is 39.8 Å². The average Bonchev–Trinajstić information content (AvgIpc) is 2.52. The number of hydrogen-bond donors (Lipinski definition) is 0. The first-order valence-electron chi connectivity index (χ1n) is 6.33. The maximum Gasteiger partial charge on any atom is 0.501 e. The second-order valence-electron chi connectivity index (χ2n) is 5.74. The molecule has 0 N–H and O–H groups in total. The SMILES string of the molecule is CC1(C)OB(c2c(OC(F)F)ccc(Cl)c2F)OC1(C)C. The molecule has 0 bridgehead atoms. The Hall–Kier alpha value is -0.915. The van der Waals surface area contributed by atoms with Crippen LogP contribution in [0.1, 0.15) is 27.7 Å². The molecule has 0 unspecified atom stereocenters. The van der Waals surface area contributed by atoms with E-state index in [0.29, 0.717) is 0 Å². The Balaban J connectivity index is 2.46. The molecule has 21 heavy (non-hydrogen) atoms. The lowest BCUT2D eigenvalue weighted by Crippen LogP contribution is -2.41. The quantitative estimate of drug-likeness (QED) is 0.799. The normalized spacial score (nSPS) is 20.1. The predicted octanol–water partition coefficient (Wildman–Crippen LogP) is 3.38. The van der Waals surface area contributed by atoms with E-state index in [4.69, 9.17) is 20.9 Å². The molecule has 1 fully saturated rings. The van der Waals surface area contributed by atoms with Gasteiger partial charge in [0.15, 0.2) is 0 Å². The minimum Gasteiger partial charge on any atom is -0.435 e. The van der Waals surface area contributed by atoms with Crippen molar-refractivity contribution in [3.8, 4) is 5.75 Å². The standard InChI is InChI=1S/C13H15BClF3O3/c1-12(2)13(3,4)21-14(20-12)9-8(19-11(17)18)6-5-7(15)10(9)16/h5-6,11H,1-4H3. The predicted molar refractivity (Wildman–Crippen MR) is 73.8 cm³/mol. The van der Waals surface area contributed by atoms with E-state index >= 15 is 0 Å². The van der Waals surface area contributed by atoms with E-state index in [2.05, 4.69) is 4.74 Å². The van der Waals surface area contributed by atoms with E-state index < -0.39 is 30.7 Å². The fraction of sp³-hybridized carbons (Fsp3) is 0.538. The summed E-state index contributed by atoms with van der Waals surface area (Å²) in [4.78, 5) is 0. The smallest absolute Gasteiger partial charge is 0.435 e. The number of benzene rings is 1. The van der Waals surface area contributed by atoms with Gasteiger partial charge >= 0.3 is 13.7 Å². The maximum absolute atomic E-state index is 14.3. The van der Waals surface area contributed by atoms with Gasteiger partial charge in [-0.3, -0.25) is 0 Å². The maximum atomic E-state index is 14.3. The molecule has 0 saturated carbocycles.